The lowest BCUT2D eigenvalue weighted by Gasteiger charge is -2.23. The van der Waals surface area contributed by atoms with Gasteiger partial charge in [-0.3, -0.25) is 4.79 Å². The van der Waals surface area contributed by atoms with Crippen molar-refractivity contribution in [3.63, 3.8) is 0 Å². The Labute approximate surface area is 330 Å². The molecule has 9 heterocycles. The SMILES string of the molecule is CC[C@H]1O[C@@H](n2ncc3c(-c4ccc(C)o4)nc(Cl)nc32)[C@H](OC(C)=O)[C@@H]1C.Cc1ccc(-c2nc(Cl)nc3c2cnn3[C@@H]2O[C@H](CO)[C@H]3OC(C)(C)O[C@H]32)o1. The van der Waals surface area contributed by atoms with Crippen molar-refractivity contribution in [3.05, 3.63) is 58.7 Å². The molecule has 0 unspecified atom stereocenters. The van der Waals surface area contributed by atoms with Gasteiger partial charge in [-0.05, 0) is 81.6 Å². The van der Waals surface area contributed by atoms with E-state index in [1.807, 2.05) is 65.8 Å². The minimum absolute atomic E-state index is 0.0163. The average Bonchev–Trinajstić information content (AvgIpc) is 4.01. The fourth-order valence-electron chi connectivity index (χ4n) is 7.55. The lowest BCUT2D eigenvalue weighted by Crippen LogP contribution is -2.31. The lowest BCUT2D eigenvalue weighted by atomic mass is 9.98. The van der Waals surface area contributed by atoms with Gasteiger partial charge in [0, 0.05) is 12.8 Å². The largest absolute Gasteiger partial charge is 0.460 e. The highest BCUT2D eigenvalue weighted by Crippen LogP contribution is 2.44. The molecule has 0 bridgehead atoms. The summed E-state index contributed by atoms with van der Waals surface area (Å²) in [5.41, 5.74) is 2.08. The fourth-order valence-corrected chi connectivity index (χ4v) is 7.88. The Morgan fingerprint density at radius 3 is 1.82 bits per heavy atom. The number of fused-ring (bicyclic) bond motifs is 3. The number of aliphatic hydroxyl groups excluding tert-OH is 1. The lowest BCUT2D eigenvalue weighted by molar-refractivity contribution is -0.201. The van der Waals surface area contributed by atoms with Crippen molar-refractivity contribution in [2.45, 2.75) is 104 Å². The topological polar surface area (TPSA) is 197 Å². The molecular formula is C37H40Cl2N8O9. The molecular weight excluding hydrogens is 771 g/mol. The molecule has 6 aromatic rings. The zero-order chi connectivity index (χ0) is 39.6. The number of ether oxygens (including phenoxy) is 5. The summed E-state index contributed by atoms with van der Waals surface area (Å²) in [5.74, 6) is 1.55. The smallest absolute Gasteiger partial charge is 0.303 e. The molecule has 296 valence electrons. The average molecular weight is 812 g/mol. The molecule has 3 aliphatic rings. The summed E-state index contributed by atoms with van der Waals surface area (Å²) in [6.45, 7) is 12.6. The second kappa shape index (κ2) is 14.8. The third-order valence-electron chi connectivity index (χ3n) is 9.99. The van der Waals surface area contributed by atoms with E-state index in [0.29, 0.717) is 45.0 Å². The molecule has 0 amide bonds. The Kier molecular flexibility index (Phi) is 10.1. The number of carbonyl (C=O) groups excluding carboxylic acids is 1. The molecule has 19 heteroatoms. The number of hydrogen-bond acceptors (Lipinski definition) is 15. The Hall–Kier alpha value is -4.49. The van der Waals surface area contributed by atoms with E-state index in [1.165, 1.54) is 6.92 Å². The second-order valence-corrected chi connectivity index (χ2v) is 15.1. The molecule has 8 atom stereocenters. The van der Waals surface area contributed by atoms with Gasteiger partial charge in [0.15, 0.2) is 47.2 Å². The van der Waals surface area contributed by atoms with E-state index >= 15 is 0 Å². The van der Waals surface area contributed by atoms with Crippen molar-refractivity contribution >= 4 is 51.2 Å². The van der Waals surface area contributed by atoms with Gasteiger partial charge >= 0.3 is 5.97 Å². The molecule has 3 aliphatic heterocycles. The van der Waals surface area contributed by atoms with Crippen molar-refractivity contribution < 1.29 is 42.4 Å². The summed E-state index contributed by atoms with van der Waals surface area (Å²) < 4.78 is 44.3. The van der Waals surface area contributed by atoms with Crippen molar-refractivity contribution in [2.24, 2.45) is 5.92 Å². The Morgan fingerprint density at radius 1 is 0.821 bits per heavy atom. The maximum atomic E-state index is 11.6. The zero-order valence-electron chi connectivity index (χ0n) is 31.5. The van der Waals surface area contributed by atoms with E-state index in [1.54, 1.807) is 21.8 Å². The van der Waals surface area contributed by atoms with E-state index in [4.69, 9.17) is 55.7 Å². The van der Waals surface area contributed by atoms with Gasteiger partial charge in [-0.2, -0.15) is 20.2 Å². The summed E-state index contributed by atoms with van der Waals surface area (Å²) in [6.07, 6.45) is 0.944. The predicted octanol–water partition coefficient (Wildman–Crippen LogP) is 6.38. The normalized spacial score (nSPS) is 26.8. The summed E-state index contributed by atoms with van der Waals surface area (Å²) >= 11 is 12.4. The van der Waals surface area contributed by atoms with Crippen LogP contribution < -0.4 is 0 Å². The number of esters is 1. The van der Waals surface area contributed by atoms with Crippen molar-refractivity contribution in [1.29, 1.82) is 0 Å². The highest BCUT2D eigenvalue weighted by molar-refractivity contribution is 6.29. The first-order valence-electron chi connectivity index (χ1n) is 18.1. The molecule has 0 aliphatic carbocycles. The first-order chi connectivity index (χ1) is 26.7. The van der Waals surface area contributed by atoms with E-state index < -0.39 is 42.7 Å². The summed E-state index contributed by atoms with van der Waals surface area (Å²) in [4.78, 5) is 29.0. The maximum Gasteiger partial charge on any atom is 0.303 e. The number of nitrogens with zero attached hydrogens (tertiary/aromatic N) is 8. The Bertz CT molecular complexity index is 2410. The van der Waals surface area contributed by atoms with Crippen LogP contribution in [-0.4, -0.2) is 93.5 Å². The van der Waals surface area contributed by atoms with Crippen LogP contribution in [0.25, 0.3) is 45.0 Å². The number of furan rings is 2. The summed E-state index contributed by atoms with van der Waals surface area (Å²) in [5, 5.41) is 20.1. The van der Waals surface area contributed by atoms with Crippen LogP contribution in [0, 0.1) is 19.8 Å². The molecule has 56 heavy (non-hydrogen) atoms. The van der Waals surface area contributed by atoms with E-state index in [0.717, 1.165) is 17.9 Å². The number of aliphatic hydroxyl groups is 1. The number of halogens is 2. The molecule has 6 aromatic heterocycles. The molecule has 0 aromatic carbocycles. The summed E-state index contributed by atoms with van der Waals surface area (Å²) in [7, 11) is 0. The first kappa shape index (κ1) is 38.4. The second-order valence-electron chi connectivity index (χ2n) is 14.4. The van der Waals surface area contributed by atoms with Crippen LogP contribution in [0.4, 0.5) is 0 Å². The number of carbonyl (C=O) groups is 1. The zero-order valence-corrected chi connectivity index (χ0v) is 33.1. The molecule has 17 nitrogen and oxygen atoms in total. The third kappa shape index (κ3) is 6.95. The van der Waals surface area contributed by atoms with Crippen LogP contribution in [0.2, 0.25) is 10.6 Å². The van der Waals surface area contributed by atoms with E-state index in [2.05, 4.69) is 30.1 Å². The van der Waals surface area contributed by atoms with Crippen molar-refractivity contribution in [2.75, 3.05) is 6.61 Å². The van der Waals surface area contributed by atoms with Crippen LogP contribution in [0.5, 0.6) is 0 Å². The van der Waals surface area contributed by atoms with E-state index in [-0.39, 0.29) is 35.2 Å². The highest BCUT2D eigenvalue weighted by Gasteiger charge is 2.56. The molecule has 1 N–H and O–H groups in total. The molecule has 3 saturated heterocycles. The van der Waals surface area contributed by atoms with Crippen LogP contribution in [0.3, 0.4) is 0 Å². The predicted molar refractivity (Wildman–Crippen MR) is 199 cm³/mol. The number of rotatable bonds is 7. The van der Waals surface area contributed by atoms with Crippen LogP contribution in [0.1, 0.15) is 65.0 Å². The van der Waals surface area contributed by atoms with Crippen LogP contribution in [0.15, 0.2) is 45.5 Å². The monoisotopic (exact) mass is 810 g/mol. The van der Waals surface area contributed by atoms with Gasteiger partial charge in [-0.1, -0.05) is 13.8 Å². The van der Waals surface area contributed by atoms with Gasteiger partial charge in [-0.25, -0.2) is 19.3 Å². The molecule has 3 fully saturated rings. The van der Waals surface area contributed by atoms with Gasteiger partial charge < -0.3 is 37.6 Å². The maximum absolute atomic E-state index is 11.6. The molecule has 0 radical (unpaired) electrons. The van der Waals surface area contributed by atoms with Crippen molar-refractivity contribution in [1.82, 2.24) is 39.5 Å². The number of aromatic nitrogens is 8. The van der Waals surface area contributed by atoms with Gasteiger partial charge in [0.25, 0.3) is 0 Å². The van der Waals surface area contributed by atoms with Gasteiger partial charge in [-0.15, -0.1) is 0 Å². The highest BCUT2D eigenvalue weighted by atomic mass is 35.5. The molecule has 0 saturated carbocycles. The number of hydrogen-bond donors (Lipinski definition) is 1. The third-order valence-corrected chi connectivity index (χ3v) is 10.3. The molecule has 0 spiro atoms. The molecule has 9 rings (SSSR count). The van der Waals surface area contributed by atoms with Gasteiger partial charge in [0.1, 0.15) is 41.2 Å². The standard InChI is InChI=1S/C19H21ClN4O4.C18H19ClN4O5/c1-5-13-10(3)16(27-11(4)25)18(28-13)24-17-12(8-21-24)15(22-19(20)23-17)14-7-6-9(2)26-14;1-8-4-5-10(25-8)12-9-6-20-23(15(9)22-17(19)21-12)16-14-13(11(7-24)26-16)27-18(2,3)28-14/h6-8,10,13,16,18H,5H2,1-4H3;4-6,11,13-14,16,24H,7H2,1-3H3/t10-,13-,16-,18-;11-,13-,14-,16-/m11/s1. The first-order valence-corrected chi connectivity index (χ1v) is 18.9. The van der Waals surface area contributed by atoms with Crippen LogP contribution in [-0.2, 0) is 28.5 Å². The van der Waals surface area contributed by atoms with Crippen molar-refractivity contribution in [3.8, 4) is 22.9 Å². The fraction of sp³-hybridized carbons (Fsp3) is 0.486. The minimum Gasteiger partial charge on any atom is -0.460 e. The number of aryl methyl sites for hydroxylation is 2. The Morgan fingerprint density at radius 2 is 1.34 bits per heavy atom. The summed E-state index contributed by atoms with van der Waals surface area (Å²) in [6, 6.07) is 7.36. The van der Waals surface area contributed by atoms with Gasteiger partial charge in [0.05, 0.1) is 35.9 Å². The quantitative estimate of drug-likeness (QED) is 0.138. The van der Waals surface area contributed by atoms with Gasteiger partial charge in [0.2, 0.25) is 10.6 Å². The minimum atomic E-state index is -0.781. The Balaban J connectivity index is 0.000000157. The van der Waals surface area contributed by atoms with E-state index in [9.17, 15) is 9.90 Å². The van der Waals surface area contributed by atoms with Crippen LogP contribution >= 0.6 is 23.2 Å².